The molecule has 1 atom stereocenters. The van der Waals surface area contributed by atoms with Crippen molar-refractivity contribution in [2.75, 3.05) is 20.2 Å². The minimum absolute atomic E-state index is 0.147. The van der Waals surface area contributed by atoms with E-state index in [-0.39, 0.29) is 17.1 Å². The van der Waals surface area contributed by atoms with E-state index >= 15 is 0 Å². The van der Waals surface area contributed by atoms with E-state index < -0.39 is 0 Å². The molecule has 31 heavy (non-hydrogen) atoms. The summed E-state index contributed by atoms with van der Waals surface area (Å²) in [5.41, 5.74) is 2.94. The number of ether oxygens (including phenoxy) is 1. The molecule has 2 aromatic rings. The summed E-state index contributed by atoms with van der Waals surface area (Å²) in [6, 6.07) is 15.8. The molecular formula is C25H32N2O3S. The van der Waals surface area contributed by atoms with Gasteiger partial charge in [-0.25, -0.2) is 0 Å². The summed E-state index contributed by atoms with van der Waals surface area (Å²) in [5, 5.41) is 2.62. The fourth-order valence-electron chi connectivity index (χ4n) is 3.68. The van der Waals surface area contributed by atoms with E-state index in [1.165, 1.54) is 50.4 Å². The van der Waals surface area contributed by atoms with Crippen LogP contribution in [0.2, 0.25) is 0 Å². The van der Waals surface area contributed by atoms with Crippen molar-refractivity contribution in [3.05, 3.63) is 65.2 Å². The normalized spacial score (nSPS) is 16.0. The molecule has 1 aliphatic heterocycles. The Kier molecular flexibility index (Phi) is 8.55. The topological polar surface area (TPSA) is 58.6 Å². The summed E-state index contributed by atoms with van der Waals surface area (Å²) in [6.07, 6.45) is 2.56. The molecule has 166 valence electrons. The summed E-state index contributed by atoms with van der Waals surface area (Å²) in [6.45, 7) is 7.90. The van der Waals surface area contributed by atoms with Gasteiger partial charge in [0, 0.05) is 18.0 Å². The second-order valence-electron chi connectivity index (χ2n) is 8.24. The third kappa shape index (κ3) is 6.84. The number of amides is 1. The first-order chi connectivity index (χ1) is 15.0. The van der Waals surface area contributed by atoms with Crippen LogP contribution in [-0.4, -0.2) is 42.2 Å². The van der Waals surface area contributed by atoms with Gasteiger partial charge in [0.2, 0.25) is 0 Å². The van der Waals surface area contributed by atoms with Crippen molar-refractivity contribution >= 4 is 23.6 Å². The lowest BCUT2D eigenvalue weighted by Gasteiger charge is -2.30. The zero-order chi connectivity index (χ0) is 22.2. The van der Waals surface area contributed by atoms with Crippen LogP contribution in [0.15, 0.2) is 53.4 Å². The van der Waals surface area contributed by atoms with Gasteiger partial charge in [-0.2, -0.15) is 0 Å². The minimum atomic E-state index is -0.380. The average molecular weight is 441 g/mol. The number of nitrogens with zero attached hydrogens (tertiary/aromatic N) is 1. The predicted molar refractivity (Wildman–Crippen MR) is 125 cm³/mol. The van der Waals surface area contributed by atoms with Crippen LogP contribution in [-0.2, 0) is 22.6 Å². The summed E-state index contributed by atoms with van der Waals surface area (Å²) >= 11 is 1.33. The Balaban J connectivity index is 1.54. The van der Waals surface area contributed by atoms with E-state index in [4.69, 9.17) is 4.74 Å². The number of benzene rings is 2. The van der Waals surface area contributed by atoms with E-state index in [1.54, 1.807) is 13.0 Å². The van der Waals surface area contributed by atoms with Crippen LogP contribution in [0.3, 0.4) is 0 Å². The van der Waals surface area contributed by atoms with Gasteiger partial charge in [-0.3, -0.25) is 14.5 Å². The van der Waals surface area contributed by atoms with Gasteiger partial charge in [-0.1, -0.05) is 43.3 Å². The van der Waals surface area contributed by atoms with E-state index in [0.717, 1.165) is 22.9 Å². The van der Waals surface area contributed by atoms with Gasteiger partial charge in [0.05, 0.1) is 12.7 Å². The summed E-state index contributed by atoms with van der Waals surface area (Å²) < 4.78 is 4.79. The fraction of sp³-hybridized carbons (Fsp3) is 0.440. The minimum Gasteiger partial charge on any atom is -0.468 e. The van der Waals surface area contributed by atoms with Gasteiger partial charge in [0.1, 0.15) is 5.25 Å². The number of rotatable bonds is 8. The maximum atomic E-state index is 12.8. The molecule has 0 aliphatic carbocycles. The van der Waals surface area contributed by atoms with Crippen LogP contribution in [0, 0.1) is 5.92 Å². The molecule has 0 radical (unpaired) electrons. The number of nitrogens with one attached hydrogen (secondary N) is 1. The predicted octanol–water partition coefficient (Wildman–Crippen LogP) is 4.50. The Labute approximate surface area is 189 Å². The lowest BCUT2D eigenvalue weighted by Crippen LogP contribution is -2.32. The average Bonchev–Trinajstić information content (AvgIpc) is 2.79. The summed E-state index contributed by atoms with van der Waals surface area (Å²) in [7, 11) is 1.37. The maximum Gasteiger partial charge on any atom is 0.318 e. The number of likely N-dealkylation sites (tertiary alicyclic amines) is 1. The van der Waals surface area contributed by atoms with Crippen LogP contribution in [0.25, 0.3) is 0 Å². The van der Waals surface area contributed by atoms with Gasteiger partial charge in [-0.15, -0.1) is 11.8 Å². The van der Waals surface area contributed by atoms with Crippen molar-refractivity contribution in [1.82, 2.24) is 10.2 Å². The second-order valence-corrected chi connectivity index (χ2v) is 9.62. The smallest absolute Gasteiger partial charge is 0.318 e. The van der Waals surface area contributed by atoms with E-state index in [9.17, 15) is 9.59 Å². The molecule has 0 bridgehead atoms. The quantitative estimate of drug-likeness (QED) is 0.484. The highest BCUT2D eigenvalue weighted by Gasteiger charge is 2.19. The molecule has 6 heteroatoms. The Morgan fingerprint density at radius 2 is 1.74 bits per heavy atom. The summed E-state index contributed by atoms with van der Waals surface area (Å²) in [4.78, 5) is 27.8. The van der Waals surface area contributed by atoms with Crippen molar-refractivity contribution < 1.29 is 14.3 Å². The number of piperidine rings is 1. The molecule has 1 aliphatic rings. The molecule has 0 aromatic heterocycles. The van der Waals surface area contributed by atoms with Crippen LogP contribution < -0.4 is 5.32 Å². The zero-order valence-corrected chi connectivity index (χ0v) is 19.4. The van der Waals surface area contributed by atoms with E-state index in [2.05, 4.69) is 41.4 Å². The Hall–Kier alpha value is -2.31. The number of thioether (sulfide) groups is 1. The molecular weight excluding hydrogens is 408 g/mol. The highest BCUT2D eigenvalue weighted by Crippen LogP contribution is 2.27. The van der Waals surface area contributed by atoms with Gasteiger partial charge in [0.15, 0.2) is 0 Å². The molecule has 1 amide bonds. The highest BCUT2D eigenvalue weighted by molar-refractivity contribution is 8.00. The number of esters is 1. The van der Waals surface area contributed by atoms with Crippen LogP contribution >= 0.6 is 11.8 Å². The third-order valence-electron chi connectivity index (χ3n) is 5.73. The molecule has 3 rings (SSSR count). The molecule has 1 saturated heterocycles. The number of methoxy groups -OCH3 is 1. The SMILES string of the molecule is COC(=O)C(C)Sc1ccccc1C(=O)NCc1ccc(CN2CCC(C)CC2)cc1. The van der Waals surface area contributed by atoms with Crippen molar-refractivity contribution in [3.8, 4) is 0 Å². The Morgan fingerprint density at radius 3 is 2.42 bits per heavy atom. The van der Waals surface area contributed by atoms with E-state index in [1.807, 2.05) is 18.2 Å². The molecule has 1 unspecified atom stereocenters. The van der Waals surface area contributed by atoms with Gasteiger partial charge < -0.3 is 10.1 Å². The molecule has 2 aromatic carbocycles. The van der Waals surface area contributed by atoms with Crippen LogP contribution in [0.4, 0.5) is 0 Å². The van der Waals surface area contributed by atoms with Gasteiger partial charge in [0.25, 0.3) is 5.91 Å². The molecule has 0 saturated carbocycles. The second kappa shape index (κ2) is 11.3. The number of hydrogen-bond donors (Lipinski definition) is 1. The van der Waals surface area contributed by atoms with Gasteiger partial charge >= 0.3 is 5.97 Å². The first kappa shape index (κ1) is 23.4. The zero-order valence-electron chi connectivity index (χ0n) is 18.6. The Morgan fingerprint density at radius 1 is 1.10 bits per heavy atom. The summed E-state index contributed by atoms with van der Waals surface area (Å²) in [5.74, 6) is 0.389. The molecule has 0 spiro atoms. The lowest BCUT2D eigenvalue weighted by atomic mass is 9.99. The number of carbonyl (C=O) groups excluding carboxylic acids is 2. The monoisotopic (exact) mass is 440 g/mol. The molecule has 5 nitrogen and oxygen atoms in total. The van der Waals surface area contributed by atoms with Crippen molar-refractivity contribution in [2.45, 2.75) is 49.9 Å². The Bertz CT molecular complexity index is 877. The molecule has 1 fully saturated rings. The molecule has 1 N–H and O–H groups in total. The first-order valence-corrected chi connectivity index (χ1v) is 11.8. The van der Waals surface area contributed by atoms with Crippen LogP contribution in [0.1, 0.15) is 48.2 Å². The van der Waals surface area contributed by atoms with Crippen LogP contribution in [0.5, 0.6) is 0 Å². The number of carbonyl (C=O) groups is 2. The number of hydrogen-bond acceptors (Lipinski definition) is 5. The van der Waals surface area contributed by atoms with E-state index in [0.29, 0.717) is 12.1 Å². The van der Waals surface area contributed by atoms with Crippen molar-refractivity contribution in [1.29, 1.82) is 0 Å². The standard InChI is InChI=1S/C25H32N2O3S/c1-18-12-14-27(15-13-18)17-21-10-8-20(9-11-21)16-26-24(28)22-6-4-5-7-23(22)31-19(2)25(29)30-3/h4-11,18-19H,12-17H2,1-3H3,(H,26,28). The third-order valence-corrected chi connectivity index (χ3v) is 6.88. The van der Waals surface area contributed by atoms with Gasteiger partial charge in [-0.05, 0) is 62.0 Å². The first-order valence-electron chi connectivity index (χ1n) is 10.9. The van der Waals surface area contributed by atoms with Crippen molar-refractivity contribution in [3.63, 3.8) is 0 Å². The largest absolute Gasteiger partial charge is 0.468 e. The highest BCUT2D eigenvalue weighted by atomic mass is 32.2. The molecule has 1 heterocycles. The van der Waals surface area contributed by atoms with Crippen molar-refractivity contribution in [2.24, 2.45) is 5.92 Å². The fourth-order valence-corrected chi connectivity index (χ4v) is 4.70. The lowest BCUT2D eigenvalue weighted by molar-refractivity contribution is -0.139. The maximum absolute atomic E-state index is 12.8.